The van der Waals surface area contributed by atoms with Gasteiger partial charge in [0.15, 0.2) is 5.17 Å². The van der Waals surface area contributed by atoms with Gasteiger partial charge in [0.2, 0.25) is 0 Å². The Morgan fingerprint density at radius 1 is 1.41 bits per heavy atom. The van der Waals surface area contributed by atoms with Crippen molar-refractivity contribution in [2.24, 2.45) is 10.9 Å². The van der Waals surface area contributed by atoms with Crippen molar-refractivity contribution < 1.29 is 0 Å². The molecule has 2 rings (SSSR count). The SMILES string of the molecule is CC(C)C1CN=C(Nc2cccc(Cl)c2Cl)S1. The minimum absolute atomic E-state index is 0.547. The molecule has 0 aliphatic carbocycles. The molecule has 2 nitrogen and oxygen atoms in total. The van der Waals surface area contributed by atoms with E-state index in [-0.39, 0.29) is 0 Å². The van der Waals surface area contributed by atoms with E-state index in [4.69, 9.17) is 23.2 Å². The van der Waals surface area contributed by atoms with Crippen LogP contribution in [-0.4, -0.2) is 17.0 Å². The molecule has 1 N–H and O–H groups in total. The lowest BCUT2D eigenvalue weighted by Crippen LogP contribution is -2.13. The first-order valence-electron chi connectivity index (χ1n) is 5.50. The van der Waals surface area contributed by atoms with E-state index >= 15 is 0 Å². The molecule has 0 fully saturated rings. The second kappa shape index (κ2) is 5.51. The molecule has 1 heterocycles. The zero-order valence-corrected chi connectivity index (χ0v) is 12.0. The standard InChI is InChI=1S/C12H14Cl2N2S/c1-7(2)10-6-15-12(17-10)16-9-5-3-4-8(13)11(9)14/h3-5,7,10H,6H2,1-2H3,(H,15,16). The third kappa shape index (κ3) is 3.09. The number of halogens is 2. The number of amidine groups is 1. The molecule has 17 heavy (non-hydrogen) atoms. The predicted octanol–water partition coefficient (Wildman–Crippen LogP) is 4.53. The average molecular weight is 289 g/mol. The Balaban J connectivity index is 2.06. The molecule has 0 radical (unpaired) electrons. The van der Waals surface area contributed by atoms with Crippen LogP contribution in [0, 0.1) is 5.92 Å². The first-order valence-corrected chi connectivity index (χ1v) is 7.13. The van der Waals surface area contributed by atoms with E-state index in [2.05, 4.69) is 24.2 Å². The Hall–Kier alpha value is -0.380. The van der Waals surface area contributed by atoms with Crippen molar-refractivity contribution >= 4 is 45.8 Å². The van der Waals surface area contributed by atoms with E-state index in [1.165, 1.54) is 0 Å². The summed E-state index contributed by atoms with van der Waals surface area (Å²) in [5, 5.41) is 5.81. The first kappa shape index (κ1) is 13.1. The van der Waals surface area contributed by atoms with Crippen LogP contribution >= 0.6 is 35.0 Å². The van der Waals surface area contributed by atoms with Crippen LogP contribution in [0.15, 0.2) is 23.2 Å². The van der Waals surface area contributed by atoms with Gasteiger partial charge in [0.05, 0.1) is 22.3 Å². The molecule has 1 unspecified atom stereocenters. The second-order valence-corrected chi connectivity index (χ2v) is 6.29. The zero-order chi connectivity index (χ0) is 12.4. The quantitative estimate of drug-likeness (QED) is 0.864. The van der Waals surface area contributed by atoms with Crippen molar-refractivity contribution in [3.63, 3.8) is 0 Å². The van der Waals surface area contributed by atoms with Crippen LogP contribution in [0.2, 0.25) is 10.0 Å². The number of anilines is 1. The molecule has 0 spiro atoms. The van der Waals surface area contributed by atoms with Crippen molar-refractivity contribution in [1.29, 1.82) is 0 Å². The molecule has 0 bridgehead atoms. The first-order chi connectivity index (χ1) is 8.08. The lowest BCUT2D eigenvalue weighted by atomic mass is 10.1. The molecule has 0 saturated carbocycles. The Kier molecular flexibility index (Phi) is 4.23. The van der Waals surface area contributed by atoms with Crippen LogP contribution in [0.3, 0.4) is 0 Å². The van der Waals surface area contributed by atoms with Crippen LogP contribution in [0.4, 0.5) is 5.69 Å². The molecular formula is C12H14Cl2N2S. The molecule has 92 valence electrons. The van der Waals surface area contributed by atoms with Gasteiger partial charge in [-0.15, -0.1) is 0 Å². The minimum atomic E-state index is 0.547. The summed E-state index contributed by atoms with van der Waals surface area (Å²) in [7, 11) is 0. The van der Waals surface area contributed by atoms with Gasteiger partial charge in [0.25, 0.3) is 0 Å². The fraction of sp³-hybridized carbons (Fsp3) is 0.417. The van der Waals surface area contributed by atoms with Gasteiger partial charge in [0.1, 0.15) is 0 Å². The third-order valence-corrected chi connectivity index (χ3v) is 4.88. The van der Waals surface area contributed by atoms with Crippen molar-refractivity contribution in [2.75, 3.05) is 11.9 Å². The summed E-state index contributed by atoms with van der Waals surface area (Å²) in [6, 6.07) is 5.55. The normalized spacial score (nSPS) is 19.6. The topological polar surface area (TPSA) is 24.4 Å². The zero-order valence-electron chi connectivity index (χ0n) is 9.71. The van der Waals surface area contributed by atoms with Gasteiger partial charge in [-0.1, -0.05) is 54.9 Å². The lowest BCUT2D eigenvalue weighted by Gasteiger charge is -2.13. The van der Waals surface area contributed by atoms with Gasteiger partial charge in [-0.2, -0.15) is 0 Å². The van der Waals surface area contributed by atoms with Gasteiger partial charge < -0.3 is 5.32 Å². The van der Waals surface area contributed by atoms with Crippen molar-refractivity contribution in [2.45, 2.75) is 19.1 Å². The van der Waals surface area contributed by atoms with Gasteiger partial charge in [-0.3, -0.25) is 4.99 Å². The van der Waals surface area contributed by atoms with E-state index in [0.717, 1.165) is 17.4 Å². The number of rotatable bonds is 2. The summed E-state index contributed by atoms with van der Waals surface area (Å²) in [6.45, 7) is 5.29. The highest BCUT2D eigenvalue weighted by Crippen LogP contribution is 2.33. The van der Waals surface area contributed by atoms with E-state index in [9.17, 15) is 0 Å². The number of benzene rings is 1. The van der Waals surface area contributed by atoms with E-state index in [1.54, 1.807) is 17.8 Å². The Morgan fingerprint density at radius 3 is 2.82 bits per heavy atom. The number of aliphatic imine (C=N–C) groups is 1. The summed E-state index contributed by atoms with van der Waals surface area (Å²) in [5.41, 5.74) is 0.815. The molecule has 1 atom stereocenters. The highest BCUT2D eigenvalue weighted by molar-refractivity contribution is 8.15. The van der Waals surface area contributed by atoms with E-state index in [0.29, 0.717) is 21.2 Å². The van der Waals surface area contributed by atoms with Gasteiger partial charge >= 0.3 is 0 Å². The molecule has 1 aromatic rings. The van der Waals surface area contributed by atoms with Crippen LogP contribution in [0.1, 0.15) is 13.8 Å². The minimum Gasteiger partial charge on any atom is -0.334 e. The number of hydrogen-bond acceptors (Lipinski definition) is 3. The van der Waals surface area contributed by atoms with Crippen LogP contribution < -0.4 is 5.32 Å². The van der Waals surface area contributed by atoms with Gasteiger partial charge in [-0.05, 0) is 18.1 Å². The van der Waals surface area contributed by atoms with Crippen LogP contribution in [0.5, 0.6) is 0 Å². The predicted molar refractivity (Wildman–Crippen MR) is 78.6 cm³/mol. The molecule has 0 amide bonds. The number of thioether (sulfide) groups is 1. The van der Waals surface area contributed by atoms with Crippen LogP contribution in [-0.2, 0) is 0 Å². The summed E-state index contributed by atoms with van der Waals surface area (Å²) < 4.78 is 0. The fourth-order valence-corrected chi connectivity index (χ4v) is 2.90. The van der Waals surface area contributed by atoms with Gasteiger partial charge in [0, 0.05) is 5.25 Å². The molecule has 0 saturated heterocycles. The van der Waals surface area contributed by atoms with Crippen molar-refractivity contribution in [3.8, 4) is 0 Å². The van der Waals surface area contributed by atoms with Gasteiger partial charge in [-0.25, -0.2) is 0 Å². The van der Waals surface area contributed by atoms with Crippen LogP contribution in [0.25, 0.3) is 0 Å². The highest BCUT2D eigenvalue weighted by atomic mass is 35.5. The average Bonchev–Trinajstić information content (AvgIpc) is 2.73. The van der Waals surface area contributed by atoms with E-state index in [1.807, 2.05) is 12.1 Å². The Bertz CT molecular complexity index is 446. The maximum atomic E-state index is 6.11. The summed E-state index contributed by atoms with van der Waals surface area (Å²) in [6.07, 6.45) is 0. The lowest BCUT2D eigenvalue weighted by molar-refractivity contribution is 0.621. The summed E-state index contributed by atoms with van der Waals surface area (Å²) >= 11 is 13.8. The van der Waals surface area contributed by atoms with Crippen molar-refractivity contribution in [1.82, 2.24) is 0 Å². The Morgan fingerprint density at radius 2 is 2.18 bits per heavy atom. The van der Waals surface area contributed by atoms with E-state index < -0.39 is 0 Å². The highest BCUT2D eigenvalue weighted by Gasteiger charge is 2.22. The molecule has 1 aliphatic heterocycles. The summed E-state index contributed by atoms with van der Waals surface area (Å²) in [5.74, 6) is 0.623. The monoisotopic (exact) mass is 288 g/mol. The summed E-state index contributed by atoms with van der Waals surface area (Å²) in [4.78, 5) is 4.47. The fourth-order valence-electron chi connectivity index (χ4n) is 1.52. The molecule has 1 aliphatic rings. The smallest absolute Gasteiger partial charge is 0.161 e. The second-order valence-electron chi connectivity index (χ2n) is 4.27. The molecular weight excluding hydrogens is 275 g/mol. The third-order valence-electron chi connectivity index (χ3n) is 2.61. The maximum Gasteiger partial charge on any atom is 0.161 e. The number of nitrogens with zero attached hydrogens (tertiary/aromatic N) is 1. The molecule has 1 aromatic carbocycles. The molecule has 5 heteroatoms. The molecule has 0 aromatic heterocycles. The maximum absolute atomic E-state index is 6.11. The number of hydrogen-bond donors (Lipinski definition) is 1. The van der Waals surface area contributed by atoms with Crippen molar-refractivity contribution in [3.05, 3.63) is 28.2 Å². The Labute approximate surface area is 116 Å². The largest absolute Gasteiger partial charge is 0.334 e. The number of nitrogens with one attached hydrogen (secondary N) is 1.